The third-order valence-electron chi connectivity index (χ3n) is 6.40. The highest BCUT2D eigenvalue weighted by Crippen LogP contribution is 2.39. The summed E-state index contributed by atoms with van der Waals surface area (Å²) in [5.74, 6) is -1.69. The number of nitrogens with one attached hydrogen (secondary N) is 1. The number of ketones is 1. The van der Waals surface area contributed by atoms with Gasteiger partial charge in [-0.3, -0.25) is 9.59 Å². The Balaban J connectivity index is 2.05. The number of hydrogen-bond donors (Lipinski definition) is 1. The highest BCUT2D eigenvalue weighted by molar-refractivity contribution is 7.90. The molecule has 2 aromatic heterocycles. The van der Waals surface area contributed by atoms with Crippen molar-refractivity contribution in [1.29, 1.82) is 0 Å². The number of nitrogens with zero attached hydrogens (tertiary/aromatic N) is 3. The first-order valence-corrected chi connectivity index (χ1v) is 15.2. The Bertz CT molecular complexity index is 1770. The standard InChI is InChI=1S/C29H29FN4O4S2/c1-4-6-7-11-20(23(35)5-2)25-26-22(13-14-24-27(26)33-18-39-24)34(17-19-10-8-9-12-21(19)30)28(25)29(36)32-15-16-40(37,38)31-3/h6-14,18H,3-5,15-17H2,1-2H3,(H,32,36)/b7-6-,20-11+. The van der Waals surface area contributed by atoms with E-state index in [4.69, 9.17) is 0 Å². The molecule has 0 saturated carbocycles. The van der Waals surface area contributed by atoms with Crippen molar-refractivity contribution in [3.05, 3.63) is 82.8 Å². The van der Waals surface area contributed by atoms with Gasteiger partial charge >= 0.3 is 0 Å². The third-order valence-corrected chi connectivity index (χ3v) is 8.30. The number of hydrogen-bond acceptors (Lipinski definition) is 6. The van der Waals surface area contributed by atoms with E-state index < -0.39 is 27.5 Å². The second kappa shape index (κ2) is 12.5. The summed E-state index contributed by atoms with van der Waals surface area (Å²) in [6, 6.07) is 9.97. The fourth-order valence-corrected chi connectivity index (χ4v) is 5.65. The van der Waals surface area contributed by atoms with Crippen LogP contribution in [0.2, 0.25) is 0 Å². The minimum Gasteiger partial charge on any atom is -0.350 e. The lowest BCUT2D eigenvalue weighted by molar-refractivity contribution is -0.113. The monoisotopic (exact) mass is 580 g/mol. The molecule has 2 heterocycles. The molecule has 4 rings (SSSR count). The number of benzene rings is 2. The summed E-state index contributed by atoms with van der Waals surface area (Å²) < 4.78 is 44.2. The number of allylic oxidation sites excluding steroid dienone is 4. The van der Waals surface area contributed by atoms with Crippen molar-refractivity contribution in [3.63, 3.8) is 0 Å². The molecule has 0 aliphatic carbocycles. The van der Waals surface area contributed by atoms with Crippen molar-refractivity contribution in [2.24, 2.45) is 4.40 Å². The Hall–Kier alpha value is -3.96. The van der Waals surface area contributed by atoms with Crippen LogP contribution < -0.4 is 5.32 Å². The first kappa shape index (κ1) is 29.0. The third kappa shape index (κ3) is 5.95. The van der Waals surface area contributed by atoms with Gasteiger partial charge in [0.15, 0.2) is 5.78 Å². The van der Waals surface area contributed by atoms with Crippen LogP contribution in [-0.4, -0.2) is 48.7 Å². The zero-order valence-corrected chi connectivity index (χ0v) is 23.8. The van der Waals surface area contributed by atoms with Crippen molar-refractivity contribution < 1.29 is 22.4 Å². The predicted octanol–water partition coefficient (Wildman–Crippen LogP) is 5.53. The Morgan fingerprint density at radius 3 is 2.67 bits per heavy atom. The lowest BCUT2D eigenvalue weighted by Gasteiger charge is -2.14. The molecule has 1 N–H and O–H groups in total. The van der Waals surface area contributed by atoms with Crippen LogP contribution in [0.15, 0.2) is 64.5 Å². The number of carbonyl (C=O) groups is 2. The number of carbonyl (C=O) groups excluding carboxylic acids is 2. The topological polar surface area (TPSA) is 110 Å². The zero-order chi connectivity index (χ0) is 28.9. The average molecular weight is 581 g/mol. The summed E-state index contributed by atoms with van der Waals surface area (Å²) in [5.41, 5.74) is 4.05. The van der Waals surface area contributed by atoms with E-state index in [1.54, 1.807) is 47.4 Å². The van der Waals surface area contributed by atoms with E-state index in [0.29, 0.717) is 33.1 Å². The van der Waals surface area contributed by atoms with Gasteiger partial charge in [-0.25, -0.2) is 17.8 Å². The van der Waals surface area contributed by atoms with Gasteiger partial charge in [0.2, 0.25) is 0 Å². The number of fused-ring (bicyclic) bond motifs is 3. The maximum Gasteiger partial charge on any atom is 0.268 e. The van der Waals surface area contributed by atoms with Gasteiger partial charge < -0.3 is 9.88 Å². The Labute approximate surface area is 236 Å². The smallest absolute Gasteiger partial charge is 0.268 e. The molecule has 0 atom stereocenters. The van der Waals surface area contributed by atoms with Crippen molar-refractivity contribution in [1.82, 2.24) is 14.9 Å². The summed E-state index contributed by atoms with van der Waals surface area (Å²) in [4.78, 5) is 31.8. The number of sulfonamides is 1. The molecule has 8 nitrogen and oxygen atoms in total. The Kier molecular flexibility index (Phi) is 9.06. The number of halogens is 1. The van der Waals surface area contributed by atoms with E-state index in [1.165, 1.54) is 17.4 Å². The fourth-order valence-electron chi connectivity index (χ4n) is 4.47. The summed E-state index contributed by atoms with van der Waals surface area (Å²) in [7, 11) is -3.81. The number of Topliss-reactive ketones (excluding diaryl/α,β-unsaturated/α-hetero) is 1. The largest absolute Gasteiger partial charge is 0.350 e. The second-order valence-electron chi connectivity index (χ2n) is 8.92. The van der Waals surface area contributed by atoms with Crippen LogP contribution in [-0.2, 0) is 21.4 Å². The number of amides is 1. The van der Waals surface area contributed by atoms with Crippen LogP contribution in [0.1, 0.15) is 48.3 Å². The first-order chi connectivity index (χ1) is 19.2. The average Bonchev–Trinajstić information content (AvgIpc) is 3.54. The van der Waals surface area contributed by atoms with Gasteiger partial charge in [-0.15, -0.1) is 11.3 Å². The summed E-state index contributed by atoms with van der Waals surface area (Å²) in [6.45, 7) is 6.53. The van der Waals surface area contributed by atoms with Crippen LogP contribution in [0, 0.1) is 5.82 Å². The minimum absolute atomic E-state index is 0.00746. The van der Waals surface area contributed by atoms with Crippen molar-refractivity contribution in [2.75, 3.05) is 12.3 Å². The summed E-state index contributed by atoms with van der Waals surface area (Å²) >= 11 is 1.42. The zero-order valence-electron chi connectivity index (χ0n) is 22.2. The lowest BCUT2D eigenvalue weighted by atomic mass is 9.95. The van der Waals surface area contributed by atoms with Crippen LogP contribution in [0.5, 0.6) is 0 Å². The molecule has 4 aromatic rings. The van der Waals surface area contributed by atoms with Gasteiger partial charge in [0.25, 0.3) is 15.9 Å². The maximum absolute atomic E-state index is 14.9. The van der Waals surface area contributed by atoms with E-state index >= 15 is 0 Å². The van der Waals surface area contributed by atoms with Gasteiger partial charge in [-0.1, -0.05) is 50.3 Å². The van der Waals surface area contributed by atoms with E-state index in [-0.39, 0.29) is 31.0 Å². The number of rotatable bonds is 12. The highest BCUT2D eigenvalue weighted by atomic mass is 32.2. The van der Waals surface area contributed by atoms with Crippen molar-refractivity contribution in [3.8, 4) is 0 Å². The number of aromatic nitrogens is 2. The molecular formula is C29H29FN4O4S2. The highest BCUT2D eigenvalue weighted by Gasteiger charge is 2.29. The maximum atomic E-state index is 14.9. The summed E-state index contributed by atoms with van der Waals surface area (Å²) in [6.07, 6.45) is 6.28. The van der Waals surface area contributed by atoms with Gasteiger partial charge in [0, 0.05) is 41.8 Å². The van der Waals surface area contributed by atoms with Crippen LogP contribution in [0.4, 0.5) is 4.39 Å². The molecule has 0 aliphatic heterocycles. The van der Waals surface area contributed by atoms with E-state index in [0.717, 1.165) is 11.1 Å². The predicted molar refractivity (Wildman–Crippen MR) is 159 cm³/mol. The molecule has 208 valence electrons. The lowest BCUT2D eigenvalue weighted by Crippen LogP contribution is -2.31. The molecule has 11 heteroatoms. The molecule has 0 fully saturated rings. The van der Waals surface area contributed by atoms with Gasteiger partial charge in [0.05, 0.1) is 33.5 Å². The molecule has 0 aliphatic rings. The Morgan fingerprint density at radius 1 is 1.20 bits per heavy atom. The van der Waals surface area contributed by atoms with E-state index in [9.17, 15) is 22.4 Å². The molecule has 0 saturated heterocycles. The molecule has 0 bridgehead atoms. The summed E-state index contributed by atoms with van der Waals surface area (Å²) in [5, 5.41) is 3.25. The van der Waals surface area contributed by atoms with Gasteiger partial charge in [-0.05, 0) is 24.6 Å². The van der Waals surface area contributed by atoms with Crippen LogP contribution in [0.25, 0.3) is 26.7 Å². The number of thiazole rings is 1. The molecule has 0 unspecified atom stereocenters. The van der Waals surface area contributed by atoms with Crippen molar-refractivity contribution >= 4 is 66.5 Å². The SMILES string of the molecule is C=NS(=O)(=O)CCNC(=O)c1c(/C(=C/C=C\CC)C(=O)CC)c2c3ncsc3ccc2n1Cc1ccccc1F. The van der Waals surface area contributed by atoms with E-state index in [2.05, 4.69) is 21.4 Å². The van der Waals surface area contributed by atoms with E-state index in [1.807, 2.05) is 25.1 Å². The second-order valence-corrected chi connectivity index (χ2v) is 11.6. The molecule has 40 heavy (non-hydrogen) atoms. The normalized spacial score (nSPS) is 12.4. The minimum atomic E-state index is -3.81. The quantitative estimate of drug-likeness (QED) is 0.135. The fraction of sp³-hybridized carbons (Fsp3) is 0.241. The van der Waals surface area contributed by atoms with Crippen molar-refractivity contribution in [2.45, 2.75) is 33.2 Å². The molecule has 0 radical (unpaired) electrons. The van der Waals surface area contributed by atoms with Crippen LogP contribution >= 0.6 is 11.3 Å². The molecule has 1 amide bonds. The first-order valence-electron chi connectivity index (χ1n) is 12.7. The van der Waals surface area contributed by atoms with Gasteiger partial charge in [0.1, 0.15) is 11.5 Å². The molecule has 0 spiro atoms. The molecular weight excluding hydrogens is 551 g/mol. The van der Waals surface area contributed by atoms with Crippen LogP contribution in [0.3, 0.4) is 0 Å². The van der Waals surface area contributed by atoms with Gasteiger partial charge in [-0.2, -0.15) is 4.40 Å². The Morgan fingerprint density at radius 2 is 1.98 bits per heavy atom. The molecule has 2 aromatic carbocycles.